The Morgan fingerprint density at radius 2 is 1.87 bits per heavy atom. The van der Waals surface area contributed by atoms with Crippen molar-refractivity contribution >= 4 is 38.9 Å². The number of carbonyl (C=O) groups is 1. The van der Waals surface area contributed by atoms with Gasteiger partial charge in [0.05, 0.1) is 28.0 Å². The van der Waals surface area contributed by atoms with Crippen LogP contribution in [0.5, 0.6) is 0 Å². The molecule has 4 aromatic rings. The molecule has 2 N–H and O–H groups in total. The average molecular weight is 417 g/mol. The number of rotatable bonds is 6. The number of thiazole rings is 1. The second kappa shape index (κ2) is 7.46. The van der Waals surface area contributed by atoms with E-state index in [1.165, 1.54) is 11.3 Å². The zero-order valence-electron chi connectivity index (χ0n) is 16.2. The predicted molar refractivity (Wildman–Crippen MR) is 120 cm³/mol. The van der Waals surface area contributed by atoms with Crippen LogP contribution >= 0.6 is 11.3 Å². The third-order valence-electron chi connectivity index (χ3n) is 5.45. The summed E-state index contributed by atoms with van der Waals surface area (Å²) in [5.74, 6) is -0.449. The quantitative estimate of drug-likeness (QED) is 0.440. The molecule has 6 heteroatoms. The van der Waals surface area contributed by atoms with E-state index in [4.69, 9.17) is 0 Å². The van der Waals surface area contributed by atoms with E-state index in [0.717, 1.165) is 39.9 Å². The Hall–Kier alpha value is -3.38. The molecule has 1 aliphatic carbocycles. The minimum absolute atomic E-state index is 0.00832. The molecule has 30 heavy (non-hydrogen) atoms. The number of fused-ring (bicyclic) bond motifs is 1. The Labute approximate surface area is 177 Å². The Morgan fingerprint density at radius 1 is 1.07 bits per heavy atom. The number of aromatic carboxylic acids is 1. The zero-order valence-corrected chi connectivity index (χ0v) is 17.0. The summed E-state index contributed by atoms with van der Waals surface area (Å²) in [6.45, 7) is 0.526. The highest BCUT2D eigenvalue weighted by atomic mass is 32.1. The number of benzene rings is 3. The maximum Gasteiger partial charge on any atom is 0.337 e. The molecule has 0 aliphatic heterocycles. The highest BCUT2D eigenvalue weighted by Crippen LogP contribution is 2.41. The summed E-state index contributed by atoms with van der Waals surface area (Å²) in [6.07, 6.45) is 2.25. The number of nitrogens with zero attached hydrogens (tertiary/aromatic N) is 1. The van der Waals surface area contributed by atoms with E-state index in [9.17, 15) is 14.7 Å². The smallest absolute Gasteiger partial charge is 0.337 e. The molecule has 1 aromatic heterocycles. The third kappa shape index (κ3) is 3.62. The van der Waals surface area contributed by atoms with Crippen molar-refractivity contribution in [3.63, 3.8) is 0 Å². The molecule has 0 amide bonds. The Morgan fingerprint density at radius 3 is 2.60 bits per heavy atom. The molecule has 0 unspecified atom stereocenters. The first kappa shape index (κ1) is 18.6. The van der Waals surface area contributed by atoms with E-state index >= 15 is 0 Å². The maximum absolute atomic E-state index is 12.5. The van der Waals surface area contributed by atoms with Crippen LogP contribution in [0.4, 0.5) is 11.4 Å². The molecule has 1 saturated carbocycles. The van der Waals surface area contributed by atoms with Crippen molar-refractivity contribution in [2.45, 2.75) is 25.3 Å². The molecule has 0 saturated heterocycles. The van der Waals surface area contributed by atoms with Crippen molar-refractivity contribution in [2.24, 2.45) is 0 Å². The lowest BCUT2D eigenvalue weighted by Crippen LogP contribution is -2.13. The van der Waals surface area contributed by atoms with E-state index < -0.39 is 5.97 Å². The SMILES string of the molecule is O=C(O)c1cc(C2CC2)ccc1Nc1ccc2c(c1)sc(=O)n2Cc1ccccc1. The number of aromatic nitrogens is 1. The van der Waals surface area contributed by atoms with Gasteiger partial charge < -0.3 is 10.4 Å². The van der Waals surface area contributed by atoms with Crippen LogP contribution in [0.3, 0.4) is 0 Å². The van der Waals surface area contributed by atoms with Crippen molar-refractivity contribution in [1.82, 2.24) is 4.57 Å². The number of hydrogen-bond donors (Lipinski definition) is 2. The summed E-state index contributed by atoms with van der Waals surface area (Å²) in [5, 5.41) is 12.9. The summed E-state index contributed by atoms with van der Waals surface area (Å²) in [7, 11) is 0. The van der Waals surface area contributed by atoms with Crippen molar-refractivity contribution in [2.75, 3.05) is 5.32 Å². The van der Waals surface area contributed by atoms with Gasteiger partial charge in [-0.05, 0) is 60.2 Å². The zero-order chi connectivity index (χ0) is 20.7. The molecule has 150 valence electrons. The van der Waals surface area contributed by atoms with Gasteiger partial charge in [0.2, 0.25) is 0 Å². The molecular weight excluding hydrogens is 396 g/mol. The monoisotopic (exact) mass is 416 g/mol. The number of carboxylic acids is 1. The molecule has 3 aromatic carbocycles. The van der Waals surface area contributed by atoms with Gasteiger partial charge in [-0.3, -0.25) is 9.36 Å². The molecule has 0 radical (unpaired) electrons. The fraction of sp³-hybridized carbons (Fsp3) is 0.167. The number of hydrogen-bond acceptors (Lipinski definition) is 4. The molecular formula is C24H20N2O3S. The van der Waals surface area contributed by atoms with Gasteiger partial charge >= 0.3 is 10.8 Å². The van der Waals surface area contributed by atoms with E-state index in [2.05, 4.69) is 5.32 Å². The molecule has 0 atom stereocenters. The standard InChI is InChI=1S/C24H20N2O3S/c27-23(28)19-12-17(16-6-7-16)8-10-20(19)25-18-9-11-21-22(13-18)30-24(29)26(21)14-15-4-2-1-3-5-15/h1-5,8-13,16,25H,6-7,14H2,(H,27,28). The lowest BCUT2D eigenvalue weighted by Gasteiger charge is -2.12. The first-order valence-corrected chi connectivity index (χ1v) is 10.7. The first-order chi connectivity index (χ1) is 14.6. The normalized spacial score (nSPS) is 13.5. The topological polar surface area (TPSA) is 71.3 Å². The molecule has 5 nitrogen and oxygen atoms in total. The van der Waals surface area contributed by atoms with Gasteiger partial charge in [0.1, 0.15) is 0 Å². The van der Waals surface area contributed by atoms with Crippen molar-refractivity contribution in [3.05, 3.63) is 93.1 Å². The molecule has 1 fully saturated rings. The van der Waals surface area contributed by atoms with E-state index in [0.29, 0.717) is 18.2 Å². The highest BCUT2D eigenvalue weighted by molar-refractivity contribution is 7.16. The van der Waals surface area contributed by atoms with E-state index in [1.54, 1.807) is 10.6 Å². The largest absolute Gasteiger partial charge is 0.478 e. The van der Waals surface area contributed by atoms with Gasteiger partial charge in [-0.1, -0.05) is 47.7 Å². The first-order valence-electron chi connectivity index (χ1n) is 9.90. The Bertz CT molecular complexity index is 1300. The van der Waals surface area contributed by atoms with Gasteiger partial charge in [0.15, 0.2) is 0 Å². The Balaban J connectivity index is 1.46. The lowest BCUT2D eigenvalue weighted by molar-refractivity contribution is 0.0698. The summed E-state index contributed by atoms with van der Waals surface area (Å²) in [5.41, 5.74) is 4.63. The fourth-order valence-electron chi connectivity index (χ4n) is 3.73. The van der Waals surface area contributed by atoms with E-state index in [1.807, 2.05) is 60.7 Å². The molecule has 5 rings (SSSR count). The Kier molecular flexibility index (Phi) is 4.64. The molecule has 1 heterocycles. The minimum atomic E-state index is -0.945. The summed E-state index contributed by atoms with van der Waals surface area (Å²) in [6, 6.07) is 21.2. The predicted octanol–water partition coefficient (Wildman–Crippen LogP) is 5.43. The van der Waals surface area contributed by atoms with Gasteiger partial charge in [-0.2, -0.15) is 0 Å². The van der Waals surface area contributed by atoms with Gasteiger partial charge in [-0.15, -0.1) is 0 Å². The highest BCUT2D eigenvalue weighted by Gasteiger charge is 2.25. The van der Waals surface area contributed by atoms with Crippen LogP contribution in [0.15, 0.2) is 71.5 Å². The number of nitrogens with one attached hydrogen (secondary N) is 1. The van der Waals surface area contributed by atoms with Gasteiger partial charge in [0, 0.05) is 5.69 Å². The van der Waals surface area contributed by atoms with Crippen molar-refractivity contribution in [1.29, 1.82) is 0 Å². The fourth-order valence-corrected chi connectivity index (χ4v) is 4.66. The van der Waals surface area contributed by atoms with E-state index in [-0.39, 0.29) is 10.4 Å². The van der Waals surface area contributed by atoms with Crippen LogP contribution in [0.2, 0.25) is 0 Å². The summed E-state index contributed by atoms with van der Waals surface area (Å²) >= 11 is 1.20. The van der Waals surface area contributed by atoms with Crippen LogP contribution in [-0.4, -0.2) is 15.6 Å². The number of carboxylic acid groups (broad SMARTS) is 1. The number of anilines is 2. The van der Waals surface area contributed by atoms with Gasteiger partial charge in [-0.25, -0.2) is 4.79 Å². The average Bonchev–Trinajstić information content (AvgIpc) is 3.54. The van der Waals surface area contributed by atoms with Crippen molar-refractivity contribution < 1.29 is 9.90 Å². The summed E-state index contributed by atoms with van der Waals surface area (Å²) in [4.78, 5) is 24.3. The van der Waals surface area contributed by atoms with Gasteiger partial charge in [0.25, 0.3) is 0 Å². The minimum Gasteiger partial charge on any atom is -0.478 e. The van der Waals surface area contributed by atoms with Crippen LogP contribution in [0.25, 0.3) is 10.2 Å². The van der Waals surface area contributed by atoms with Crippen LogP contribution in [0.1, 0.15) is 40.2 Å². The maximum atomic E-state index is 12.5. The third-order valence-corrected chi connectivity index (χ3v) is 6.40. The van der Waals surface area contributed by atoms with Crippen LogP contribution in [0, 0.1) is 0 Å². The van der Waals surface area contributed by atoms with Crippen molar-refractivity contribution in [3.8, 4) is 0 Å². The lowest BCUT2D eigenvalue weighted by atomic mass is 10.0. The molecule has 1 aliphatic rings. The molecule has 0 bridgehead atoms. The molecule has 0 spiro atoms. The second-order valence-corrected chi connectivity index (χ2v) is 8.62. The van der Waals surface area contributed by atoms with Crippen LogP contribution in [-0.2, 0) is 6.54 Å². The van der Waals surface area contributed by atoms with Crippen LogP contribution < -0.4 is 10.2 Å². The summed E-state index contributed by atoms with van der Waals surface area (Å²) < 4.78 is 2.64. The second-order valence-electron chi connectivity index (χ2n) is 7.63.